The third-order valence-corrected chi connectivity index (χ3v) is 5.00. The molecule has 3 atom stereocenters. The lowest BCUT2D eigenvalue weighted by atomic mass is 10.0. The van der Waals surface area contributed by atoms with Gasteiger partial charge in [-0.15, -0.1) is 0 Å². The minimum atomic E-state index is -1.34. The van der Waals surface area contributed by atoms with Crippen LogP contribution in [-0.4, -0.2) is 47.7 Å². The van der Waals surface area contributed by atoms with E-state index in [1.54, 1.807) is 43.3 Å². The van der Waals surface area contributed by atoms with Crippen LogP contribution in [0.25, 0.3) is 0 Å². The molecule has 0 aromatic heterocycles. The first-order valence-corrected chi connectivity index (χ1v) is 11.0. The van der Waals surface area contributed by atoms with Crippen LogP contribution >= 0.6 is 0 Å². The Labute approximate surface area is 198 Å². The number of aliphatic carboxylic acids is 1. The molecule has 0 saturated carbocycles. The van der Waals surface area contributed by atoms with E-state index in [-0.39, 0.29) is 26.1 Å². The SMILES string of the molecule is CCOC(=O)[C@@H](C)C[C@H](NC(=O)[C@@H](Cc1ccccc1)NC(=O)OCc1ccccc1)C(=O)O. The van der Waals surface area contributed by atoms with Gasteiger partial charge in [0, 0.05) is 6.42 Å². The van der Waals surface area contributed by atoms with E-state index in [2.05, 4.69) is 10.6 Å². The number of carbonyl (C=O) groups excluding carboxylic acids is 3. The molecule has 0 radical (unpaired) electrons. The zero-order valence-corrected chi connectivity index (χ0v) is 19.2. The molecule has 2 rings (SSSR count). The van der Waals surface area contributed by atoms with E-state index in [0.29, 0.717) is 0 Å². The van der Waals surface area contributed by atoms with Gasteiger partial charge in [-0.3, -0.25) is 9.59 Å². The molecule has 2 aromatic rings. The van der Waals surface area contributed by atoms with E-state index < -0.39 is 41.9 Å². The van der Waals surface area contributed by atoms with Crippen molar-refractivity contribution in [1.29, 1.82) is 0 Å². The summed E-state index contributed by atoms with van der Waals surface area (Å²) < 4.78 is 10.1. The molecule has 9 nitrogen and oxygen atoms in total. The maximum atomic E-state index is 13.0. The summed E-state index contributed by atoms with van der Waals surface area (Å²) >= 11 is 0. The number of hydrogen-bond donors (Lipinski definition) is 3. The molecule has 0 aliphatic rings. The quantitative estimate of drug-likeness (QED) is 0.407. The molecular weight excluding hydrogens is 440 g/mol. The van der Waals surface area contributed by atoms with E-state index >= 15 is 0 Å². The number of hydrogen-bond acceptors (Lipinski definition) is 6. The van der Waals surface area contributed by atoms with Crippen LogP contribution in [0, 0.1) is 5.92 Å². The topological polar surface area (TPSA) is 131 Å². The highest BCUT2D eigenvalue weighted by Gasteiger charge is 2.30. The number of nitrogens with one attached hydrogen (secondary N) is 2. The fourth-order valence-electron chi connectivity index (χ4n) is 3.19. The summed E-state index contributed by atoms with van der Waals surface area (Å²) in [4.78, 5) is 49.0. The number of benzene rings is 2. The summed E-state index contributed by atoms with van der Waals surface area (Å²) in [5.74, 6) is -3.29. The zero-order valence-electron chi connectivity index (χ0n) is 19.2. The highest BCUT2D eigenvalue weighted by atomic mass is 16.5. The average Bonchev–Trinajstić information content (AvgIpc) is 2.83. The van der Waals surface area contributed by atoms with E-state index in [1.807, 2.05) is 24.3 Å². The van der Waals surface area contributed by atoms with Crippen molar-refractivity contribution in [3.8, 4) is 0 Å². The van der Waals surface area contributed by atoms with Gasteiger partial charge in [0.05, 0.1) is 12.5 Å². The average molecular weight is 471 g/mol. The fourth-order valence-corrected chi connectivity index (χ4v) is 3.19. The van der Waals surface area contributed by atoms with Gasteiger partial charge >= 0.3 is 18.0 Å². The third kappa shape index (κ3) is 8.93. The zero-order chi connectivity index (χ0) is 24.9. The molecule has 0 spiro atoms. The van der Waals surface area contributed by atoms with Crippen molar-refractivity contribution in [2.75, 3.05) is 6.61 Å². The van der Waals surface area contributed by atoms with E-state index in [9.17, 15) is 24.3 Å². The second-order valence-electron chi connectivity index (χ2n) is 7.74. The Morgan fingerprint density at radius 3 is 2.00 bits per heavy atom. The lowest BCUT2D eigenvalue weighted by molar-refractivity contribution is -0.149. The Hall–Kier alpha value is -3.88. The Balaban J connectivity index is 2.08. The van der Waals surface area contributed by atoms with Gasteiger partial charge in [0.1, 0.15) is 18.7 Å². The molecule has 0 fully saturated rings. The number of carbonyl (C=O) groups is 4. The van der Waals surface area contributed by atoms with Crippen LogP contribution in [0.3, 0.4) is 0 Å². The minimum Gasteiger partial charge on any atom is -0.480 e. The van der Waals surface area contributed by atoms with Crippen LogP contribution in [0.15, 0.2) is 60.7 Å². The number of rotatable bonds is 12. The van der Waals surface area contributed by atoms with Gasteiger partial charge < -0.3 is 25.2 Å². The number of carboxylic acid groups (broad SMARTS) is 1. The molecule has 0 saturated heterocycles. The number of alkyl carbamates (subject to hydrolysis) is 1. The van der Waals surface area contributed by atoms with E-state index in [0.717, 1.165) is 11.1 Å². The molecule has 0 unspecified atom stereocenters. The van der Waals surface area contributed by atoms with Gasteiger partial charge in [-0.1, -0.05) is 67.6 Å². The van der Waals surface area contributed by atoms with Crippen molar-refractivity contribution >= 4 is 23.9 Å². The highest BCUT2D eigenvalue weighted by Crippen LogP contribution is 2.11. The third-order valence-electron chi connectivity index (χ3n) is 5.00. The molecule has 0 aliphatic carbocycles. The van der Waals surface area contributed by atoms with Crippen molar-refractivity contribution in [2.24, 2.45) is 5.92 Å². The van der Waals surface area contributed by atoms with E-state index in [4.69, 9.17) is 9.47 Å². The van der Waals surface area contributed by atoms with Crippen LogP contribution in [-0.2, 0) is 36.9 Å². The first-order valence-electron chi connectivity index (χ1n) is 11.0. The van der Waals surface area contributed by atoms with Gasteiger partial charge in [-0.2, -0.15) is 0 Å². The number of ether oxygens (including phenoxy) is 2. The number of amides is 2. The van der Waals surface area contributed by atoms with Crippen LogP contribution < -0.4 is 10.6 Å². The van der Waals surface area contributed by atoms with Gasteiger partial charge in [-0.05, 0) is 24.5 Å². The first-order chi connectivity index (χ1) is 16.3. The fraction of sp³-hybridized carbons (Fsp3) is 0.360. The molecule has 182 valence electrons. The maximum Gasteiger partial charge on any atom is 0.408 e. The Morgan fingerprint density at radius 2 is 1.44 bits per heavy atom. The Morgan fingerprint density at radius 1 is 0.853 bits per heavy atom. The Kier molecular flexibility index (Phi) is 10.6. The smallest absolute Gasteiger partial charge is 0.408 e. The van der Waals surface area contributed by atoms with Crippen LogP contribution in [0.4, 0.5) is 4.79 Å². The number of esters is 1. The van der Waals surface area contributed by atoms with Gasteiger partial charge in [0.2, 0.25) is 5.91 Å². The van der Waals surface area contributed by atoms with Gasteiger partial charge in [0.25, 0.3) is 0 Å². The molecule has 2 amide bonds. The highest BCUT2D eigenvalue weighted by molar-refractivity contribution is 5.89. The van der Waals surface area contributed by atoms with Gasteiger partial charge in [0.15, 0.2) is 0 Å². The van der Waals surface area contributed by atoms with Gasteiger partial charge in [-0.25, -0.2) is 9.59 Å². The summed E-state index contributed by atoms with van der Waals surface area (Å²) in [6.45, 7) is 3.36. The summed E-state index contributed by atoms with van der Waals surface area (Å²) in [7, 11) is 0. The molecule has 2 aromatic carbocycles. The molecule has 34 heavy (non-hydrogen) atoms. The molecule has 0 heterocycles. The monoisotopic (exact) mass is 470 g/mol. The molecule has 9 heteroatoms. The molecule has 0 aliphatic heterocycles. The second kappa shape index (κ2) is 13.6. The van der Waals surface area contributed by atoms with Crippen molar-refractivity contribution < 1.29 is 33.8 Å². The van der Waals surface area contributed by atoms with Crippen LogP contribution in [0.5, 0.6) is 0 Å². The Bertz CT molecular complexity index is 950. The predicted octanol–water partition coefficient (Wildman–Crippen LogP) is 2.68. The minimum absolute atomic E-state index is 0.0150. The lowest BCUT2D eigenvalue weighted by Gasteiger charge is -2.23. The molecular formula is C25H30N2O7. The summed E-state index contributed by atoms with van der Waals surface area (Å²) in [6.07, 6.45) is -0.852. The standard InChI is InChI=1S/C25H30N2O7/c1-3-33-24(31)17(2)14-21(23(29)30)26-22(28)20(15-18-10-6-4-7-11-18)27-25(32)34-16-19-12-8-5-9-13-19/h4-13,17,20-21H,3,14-16H2,1-2H3,(H,26,28)(H,27,32)(H,29,30)/t17-,20+,21-/m0/s1. The van der Waals surface area contributed by atoms with E-state index in [1.165, 1.54) is 6.92 Å². The molecule has 0 bridgehead atoms. The van der Waals surface area contributed by atoms with Crippen molar-refractivity contribution in [3.63, 3.8) is 0 Å². The summed E-state index contributed by atoms with van der Waals surface area (Å²) in [5.41, 5.74) is 1.54. The van der Waals surface area contributed by atoms with Crippen molar-refractivity contribution in [3.05, 3.63) is 71.8 Å². The van der Waals surface area contributed by atoms with Crippen LogP contribution in [0.1, 0.15) is 31.4 Å². The summed E-state index contributed by atoms with van der Waals surface area (Å²) in [5, 5.41) is 14.5. The second-order valence-corrected chi connectivity index (χ2v) is 7.74. The van der Waals surface area contributed by atoms with Crippen molar-refractivity contribution in [1.82, 2.24) is 10.6 Å². The molecule has 3 N–H and O–H groups in total. The van der Waals surface area contributed by atoms with Crippen LogP contribution in [0.2, 0.25) is 0 Å². The van der Waals surface area contributed by atoms with Crippen molar-refractivity contribution in [2.45, 2.75) is 45.4 Å². The first kappa shape index (κ1) is 26.4. The largest absolute Gasteiger partial charge is 0.480 e. The number of carboxylic acids is 1. The normalized spacial score (nSPS) is 13.1. The predicted molar refractivity (Wildman–Crippen MR) is 124 cm³/mol. The lowest BCUT2D eigenvalue weighted by Crippen LogP contribution is -2.53. The summed E-state index contributed by atoms with van der Waals surface area (Å²) in [6, 6.07) is 15.6. The maximum absolute atomic E-state index is 13.0.